The number of thiophene rings is 1. The van der Waals surface area contributed by atoms with Crippen molar-refractivity contribution in [3.8, 4) is 0 Å². The van der Waals surface area contributed by atoms with Gasteiger partial charge in [-0.05, 0) is 23.9 Å². The summed E-state index contributed by atoms with van der Waals surface area (Å²) in [4.78, 5) is 11.6. The molecule has 2 nitrogen and oxygen atoms in total. The summed E-state index contributed by atoms with van der Waals surface area (Å²) in [6, 6.07) is 2.03. The lowest BCUT2D eigenvalue weighted by Crippen LogP contribution is -2.15. The summed E-state index contributed by atoms with van der Waals surface area (Å²) in [6.45, 7) is 2.61. The van der Waals surface area contributed by atoms with Crippen LogP contribution in [0.5, 0.6) is 0 Å². The molecule has 11 heavy (non-hydrogen) atoms. The Hall–Kier alpha value is -0.480. The maximum Gasteiger partial charge on any atom is 0.276 e. The van der Waals surface area contributed by atoms with Gasteiger partial charge in [-0.25, -0.2) is 0 Å². The van der Waals surface area contributed by atoms with E-state index in [2.05, 4.69) is 17.9 Å². The number of carbonyl (C=O) groups is 1. The van der Waals surface area contributed by atoms with Gasteiger partial charge in [0.2, 0.25) is 0 Å². The molecule has 0 atom stereocenters. The zero-order valence-electron chi connectivity index (χ0n) is 6.13. The van der Waals surface area contributed by atoms with Crippen LogP contribution >= 0.6 is 24.0 Å². The Morgan fingerprint density at radius 3 is 3.00 bits per heavy atom. The smallest absolute Gasteiger partial charge is 0.276 e. The van der Waals surface area contributed by atoms with Gasteiger partial charge in [-0.3, -0.25) is 4.79 Å². The summed E-state index contributed by atoms with van der Waals surface area (Å²) in [5.41, 5.74) is 1.22. The fraction of sp³-hybridized carbons (Fsp3) is 0.286. The molecule has 1 rings (SSSR count). The zero-order valence-corrected chi connectivity index (χ0v) is 7.84. The van der Waals surface area contributed by atoms with E-state index in [1.54, 1.807) is 11.3 Å². The van der Waals surface area contributed by atoms with Gasteiger partial charge in [-0.15, -0.1) is 11.3 Å². The minimum absolute atomic E-state index is 0.280. The van der Waals surface area contributed by atoms with Crippen molar-refractivity contribution in [3.05, 3.63) is 21.9 Å². The molecule has 1 aromatic heterocycles. The summed E-state index contributed by atoms with van der Waals surface area (Å²) in [5.74, 6) is 0. The molecular weight excluding hydrogens is 178 g/mol. The molecule has 0 aliphatic carbocycles. The first kappa shape index (κ1) is 8.62. The van der Waals surface area contributed by atoms with Crippen molar-refractivity contribution in [2.75, 3.05) is 0 Å². The standard InChI is InChI=1S/C7H9NOS2/c1-5-2-3-11-6(5)4-8-7(9)10/h2-3H,4H2,1H3,(H2,8,9,10). The van der Waals surface area contributed by atoms with Gasteiger partial charge in [0.25, 0.3) is 5.24 Å². The first-order valence-electron chi connectivity index (χ1n) is 3.20. The number of carbonyl (C=O) groups excluding carboxylic acids is 1. The minimum atomic E-state index is -0.280. The quantitative estimate of drug-likeness (QED) is 0.683. The van der Waals surface area contributed by atoms with Gasteiger partial charge >= 0.3 is 0 Å². The Kier molecular flexibility index (Phi) is 2.96. The summed E-state index contributed by atoms with van der Waals surface area (Å²) >= 11 is 5.24. The number of hydrogen-bond donors (Lipinski definition) is 2. The molecule has 60 valence electrons. The largest absolute Gasteiger partial charge is 0.342 e. The normalized spacial score (nSPS) is 9.64. The average molecular weight is 187 g/mol. The maximum absolute atomic E-state index is 10.4. The number of amides is 1. The Bertz CT molecular complexity index is 257. The van der Waals surface area contributed by atoms with Crippen LogP contribution in [0.25, 0.3) is 0 Å². The zero-order chi connectivity index (χ0) is 8.27. The SMILES string of the molecule is Cc1ccsc1CNC(=O)S. The van der Waals surface area contributed by atoms with E-state index in [0.29, 0.717) is 6.54 Å². The van der Waals surface area contributed by atoms with Crippen molar-refractivity contribution in [1.82, 2.24) is 5.32 Å². The highest BCUT2D eigenvalue weighted by Crippen LogP contribution is 2.14. The van der Waals surface area contributed by atoms with Crippen LogP contribution in [-0.4, -0.2) is 5.24 Å². The van der Waals surface area contributed by atoms with Crippen LogP contribution in [0.2, 0.25) is 0 Å². The highest BCUT2D eigenvalue weighted by atomic mass is 32.1. The third kappa shape index (κ3) is 2.55. The van der Waals surface area contributed by atoms with Crippen LogP contribution in [0.15, 0.2) is 11.4 Å². The van der Waals surface area contributed by atoms with Crippen LogP contribution in [0, 0.1) is 6.92 Å². The van der Waals surface area contributed by atoms with Gasteiger partial charge in [-0.1, -0.05) is 12.6 Å². The van der Waals surface area contributed by atoms with E-state index in [9.17, 15) is 4.79 Å². The highest BCUT2D eigenvalue weighted by Gasteiger charge is 1.99. The molecular formula is C7H9NOS2. The van der Waals surface area contributed by atoms with Crippen molar-refractivity contribution in [2.24, 2.45) is 0 Å². The maximum atomic E-state index is 10.4. The number of hydrogen-bond acceptors (Lipinski definition) is 2. The lowest BCUT2D eigenvalue weighted by atomic mass is 10.3. The molecule has 1 amide bonds. The third-order valence-electron chi connectivity index (χ3n) is 1.37. The second kappa shape index (κ2) is 3.78. The predicted octanol–water partition coefficient (Wildman–Crippen LogP) is 2.20. The van der Waals surface area contributed by atoms with E-state index in [4.69, 9.17) is 0 Å². The predicted molar refractivity (Wildman–Crippen MR) is 50.3 cm³/mol. The second-order valence-electron chi connectivity index (χ2n) is 2.19. The van der Waals surface area contributed by atoms with E-state index in [1.807, 2.05) is 18.4 Å². The van der Waals surface area contributed by atoms with E-state index < -0.39 is 0 Å². The molecule has 0 saturated heterocycles. The first-order valence-corrected chi connectivity index (χ1v) is 4.52. The lowest BCUT2D eigenvalue weighted by molar-refractivity contribution is 0.261. The number of rotatable bonds is 2. The van der Waals surface area contributed by atoms with E-state index in [1.165, 1.54) is 10.4 Å². The Morgan fingerprint density at radius 1 is 1.82 bits per heavy atom. The molecule has 0 radical (unpaired) electrons. The van der Waals surface area contributed by atoms with Crippen LogP contribution in [0.1, 0.15) is 10.4 Å². The Balaban J connectivity index is 2.51. The minimum Gasteiger partial charge on any atom is -0.342 e. The van der Waals surface area contributed by atoms with Gasteiger partial charge in [0, 0.05) is 4.88 Å². The molecule has 1 heterocycles. The van der Waals surface area contributed by atoms with E-state index >= 15 is 0 Å². The Morgan fingerprint density at radius 2 is 2.55 bits per heavy atom. The van der Waals surface area contributed by atoms with Gasteiger partial charge < -0.3 is 5.32 Å². The van der Waals surface area contributed by atoms with E-state index in [-0.39, 0.29) is 5.24 Å². The molecule has 0 aromatic carbocycles. The van der Waals surface area contributed by atoms with Crippen molar-refractivity contribution in [3.63, 3.8) is 0 Å². The van der Waals surface area contributed by atoms with Crippen LogP contribution in [0.4, 0.5) is 4.79 Å². The van der Waals surface area contributed by atoms with Gasteiger partial charge in [0.1, 0.15) is 0 Å². The Labute approximate surface area is 75.0 Å². The summed E-state index contributed by atoms with van der Waals surface area (Å²) < 4.78 is 0. The van der Waals surface area contributed by atoms with Gasteiger partial charge in [0.05, 0.1) is 6.54 Å². The molecule has 1 N–H and O–H groups in total. The molecule has 0 fully saturated rings. The van der Waals surface area contributed by atoms with Crippen LogP contribution < -0.4 is 5.32 Å². The number of nitrogens with one attached hydrogen (secondary N) is 1. The molecule has 4 heteroatoms. The topological polar surface area (TPSA) is 29.1 Å². The monoisotopic (exact) mass is 187 g/mol. The number of aryl methyl sites for hydroxylation is 1. The van der Waals surface area contributed by atoms with Crippen LogP contribution in [0.3, 0.4) is 0 Å². The lowest BCUT2D eigenvalue weighted by Gasteiger charge is -1.98. The van der Waals surface area contributed by atoms with Crippen molar-refractivity contribution in [1.29, 1.82) is 0 Å². The fourth-order valence-electron chi connectivity index (χ4n) is 0.741. The first-order chi connectivity index (χ1) is 5.20. The molecule has 1 aromatic rings. The molecule has 0 saturated carbocycles. The second-order valence-corrected chi connectivity index (χ2v) is 3.59. The fourth-order valence-corrected chi connectivity index (χ4v) is 1.67. The number of thiol groups is 1. The molecule has 0 aliphatic rings. The average Bonchev–Trinajstić information content (AvgIpc) is 2.31. The van der Waals surface area contributed by atoms with E-state index in [0.717, 1.165) is 0 Å². The summed E-state index contributed by atoms with van der Waals surface area (Å²) in [6.07, 6.45) is 0. The highest BCUT2D eigenvalue weighted by molar-refractivity contribution is 7.96. The van der Waals surface area contributed by atoms with Gasteiger partial charge in [0.15, 0.2) is 0 Å². The van der Waals surface area contributed by atoms with Gasteiger partial charge in [-0.2, -0.15) is 0 Å². The van der Waals surface area contributed by atoms with Crippen molar-refractivity contribution < 1.29 is 4.79 Å². The molecule has 0 aliphatic heterocycles. The molecule has 0 unspecified atom stereocenters. The molecule has 0 bridgehead atoms. The van der Waals surface area contributed by atoms with Crippen molar-refractivity contribution in [2.45, 2.75) is 13.5 Å². The third-order valence-corrected chi connectivity index (χ3v) is 2.55. The molecule has 0 spiro atoms. The summed E-state index contributed by atoms with van der Waals surface area (Å²) in [7, 11) is 0. The van der Waals surface area contributed by atoms with Crippen LogP contribution in [-0.2, 0) is 6.54 Å². The summed E-state index contributed by atoms with van der Waals surface area (Å²) in [5, 5.41) is 4.35. The van der Waals surface area contributed by atoms with Crippen molar-refractivity contribution >= 4 is 29.2 Å².